The van der Waals surface area contributed by atoms with Crippen LogP contribution >= 0.6 is 0 Å². The van der Waals surface area contributed by atoms with E-state index in [1.807, 2.05) is 0 Å². The zero-order chi connectivity index (χ0) is 28.2. The highest BCUT2D eigenvalue weighted by Crippen LogP contribution is 2.46. The number of nitrogens with one attached hydrogen (secondary N) is 1. The Labute approximate surface area is 225 Å². The Morgan fingerprint density at radius 2 is 1.82 bits per heavy atom. The van der Waals surface area contributed by atoms with Crippen LogP contribution < -0.4 is 5.32 Å². The molecule has 5 rings (SSSR count). The Morgan fingerprint density at radius 3 is 2.36 bits per heavy atom. The van der Waals surface area contributed by atoms with Gasteiger partial charge in [0.15, 0.2) is 9.84 Å². The lowest BCUT2D eigenvalue weighted by molar-refractivity contribution is -0.137. The van der Waals surface area contributed by atoms with Crippen LogP contribution in [0.15, 0.2) is 53.4 Å². The summed E-state index contributed by atoms with van der Waals surface area (Å²) in [5.74, 6) is -0.911. The third-order valence-electron chi connectivity index (χ3n) is 8.57. The lowest BCUT2D eigenvalue weighted by Crippen LogP contribution is -2.55. The highest BCUT2D eigenvalue weighted by Gasteiger charge is 2.52. The van der Waals surface area contributed by atoms with Crippen molar-refractivity contribution in [2.24, 2.45) is 5.92 Å². The molecule has 2 aromatic carbocycles. The number of hydrogen-bond acceptors (Lipinski definition) is 5. The van der Waals surface area contributed by atoms with Crippen LogP contribution in [0.25, 0.3) is 0 Å². The number of fused-ring (bicyclic) bond motifs is 1. The minimum atomic E-state index is -4.51. The molecule has 3 aliphatic rings. The fraction of sp³-hybridized carbons (Fsp3) is 0.500. The van der Waals surface area contributed by atoms with Crippen LogP contribution in [0.5, 0.6) is 0 Å². The molecule has 1 saturated heterocycles. The first-order valence-corrected chi connectivity index (χ1v) is 14.8. The van der Waals surface area contributed by atoms with Gasteiger partial charge in [0.1, 0.15) is 6.04 Å². The van der Waals surface area contributed by atoms with Crippen molar-refractivity contribution in [1.29, 1.82) is 0 Å². The Kier molecular flexibility index (Phi) is 7.03. The summed E-state index contributed by atoms with van der Waals surface area (Å²) in [5.41, 5.74) is -1.60. The van der Waals surface area contributed by atoms with Crippen molar-refractivity contribution < 1.29 is 36.3 Å². The van der Waals surface area contributed by atoms with Gasteiger partial charge < -0.3 is 15.3 Å². The summed E-state index contributed by atoms with van der Waals surface area (Å²) >= 11 is 0. The van der Waals surface area contributed by atoms with Crippen LogP contribution in [-0.4, -0.2) is 53.7 Å². The van der Waals surface area contributed by atoms with E-state index in [0.717, 1.165) is 31.4 Å². The number of likely N-dealkylation sites (tertiary alicyclic amines) is 1. The highest BCUT2D eigenvalue weighted by molar-refractivity contribution is 7.91. The largest absolute Gasteiger partial charge is 0.416 e. The summed E-state index contributed by atoms with van der Waals surface area (Å²) in [6.07, 6.45) is -1.02. The summed E-state index contributed by atoms with van der Waals surface area (Å²) in [5, 5.41) is 14.0. The molecule has 1 aliphatic heterocycles. The average Bonchev–Trinajstić information content (AvgIpc) is 3.14. The average molecular weight is 565 g/mol. The molecule has 1 heterocycles. The molecule has 0 radical (unpaired) electrons. The molecule has 2 aromatic rings. The number of benzene rings is 2. The van der Waals surface area contributed by atoms with E-state index in [1.165, 1.54) is 48.2 Å². The van der Waals surface area contributed by atoms with Gasteiger partial charge in [-0.05, 0) is 80.3 Å². The first-order chi connectivity index (χ1) is 18.3. The van der Waals surface area contributed by atoms with Crippen molar-refractivity contribution in [1.82, 2.24) is 10.2 Å². The number of rotatable bonds is 7. The van der Waals surface area contributed by atoms with Crippen molar-refractivity contribution in [3.63, 3.8) is 0 Å². The molecule has 2 aliphatic carbocycles. The Balaban J connectivity index is 1.41. The summed E-state index contributed by atoms with van der Waals surface area (Å²) in [7, 11) is -3.54. The SMILES string of the molecule is CCS(=O)(=O)c1cccc(C(=O)N2[C@@H](C(=O)N[C@@H](c3ccc(C(F)(F)F)cc3)C3(O)CCC3)C[C@H]3CC[C@H]32)c1. The molecule has 4 atom stereocenters. The van der Waals surface area contributed by atoms with E-state index in [-0.39, 0.29) is 28.2 Å². The van der Waals surface area contributed by atoms with Gasteiger partial charge in [0.2, 0.25) is 5.91 Å². The van der Waals surface area contributed by atoms with Gasteiger partial charge in [-0.15, -0.1) is 0 Å². The zero-order valence-corrected chi connectivity index (χ0v) is 22.3. The van der Waals surface area contributed by atoms with Gasteiger partial charge in [-0.2, -0.15) is 13.2 Å². The lowest BCUT2D eigenvalue weighted by Gasteiger charge is -2.44. The van der Waals surface area contributed by atoms with Gasteiger partial charge in [0, 0.05) is 11.6 Å². The summed E-state index contributed by atoms with van der Waals surface area (Å²) in [6.45, 7) is 1.52. The minimum Gasteiger partial charge on any atom is -0.387 e. The number of carbonyl (C=O) groups is 2. The molecular formula is C28H31F3N2O5S. The van der Waals surface area contributed by atoms with Gasteiger partial charge in [-0.25, -0.2) is 8.42 Å². The molecule has 0 bridgehead atoms. The quantitative estimate of drug-likeness (QED) is 0.523. The molecule has 0 aromatic heterocycles. The van der Waals surface area contributed by atoms with E-state index in [4.69, 9.17) is 0 Å². The van der Waals surface area contributed by atoms with Crippen LogP contribution in [-0.2, 0) is 20.8 Å². The number of alkyl halides is 3. The zero-order valence-electron chi connectivity index (χ0n) is 21.4. The number of nitrogens with zero attached hydrogens (tertiary/aromatic N) is 1. The maximum Gasteiger partial charge on any atom is 0.416 e. The van der Waals surface area contributed by atoms with Gasteiger partial charge in [0.05, 0.1) is 27.9 Å². The topological polar surface area (TPSA) is 104 Å². The fourth-order valence-electron chi connectivity index (χ4n) is 5.95. The van der Waals surface area contributed by atoms with E-state index in [0.29, 0.717) is 24.8 Å². The molecule has 210 valence electrons. The van der Waals surface area contributed by atoms with Crippen LogP contribution in [0.3, 0.4) is 0 Å². The summed E-state index contributed by atoms with van der Waals surface area (Å²) in [4.78, 5) is 28.9. The van der Waals surface area contributed by atoms with E-state index in [1.54, 1.807) is 0 Å². The number of hydrogen-bond donors (Lipinski definition) is 2. The van der Waals surface area contributed by atoms with Gasteiger partial charge in [-0.3, -0.25) is 9.59 Å². The molecular weight excluding hydrogens is 533 g/mol. The van der Waals surface area contributed by atoms with Crippen molar-refractivity contribution in [3.8, 4) is 0 Å². The van der Waals surface area contributed by atoms with Crippen molar-refractivity contribution >= 4 is 21.7 Å². The van der Waals surface area contributed by atoms with Crippen molar-refractivity contribution in [3.05, 3.63) is 65.2 Å². The molecule has 39 heavy (non-hydrogen) atoms. The number of amides is 2. The predicted molar refractivity (Wildman–Crippen MR) is 136 cm³/mol. The van der Waals surface area contributed by atoms with E-state index >= 15 is 0 Å². The van der Waals surface area contributed by atoms with Gasteiger partial charge in [0.25, 0.3) is 5.91 Å². The Hall–Kier alpha value is -2.92. The normalized spacial score (nSPS) is 24.7. The number of sulfone groups is 1. The second kappa shape index (κ2) is 9.92. The van der Waals surface area contributed by atoms with Crippen LogP contribution in [0.2, 0.25) is 0 Å². The number of aliphatic hydroxyl groups is 1. The minimum absolute atomic E-state index is 0.0378. The Bertz CT molecular complexity index is 1370. The Morgan fingerprint density at radius 1 is 1.13 bits per heavy atom. The molecule has 2 amide bonds. The maximum atomic E-state index is 13.7. The van der Waals surface area contributed by atoms with Crippen molar-refractivity contribution in [2.75, 3.05) is 5.75 Å². The molecule has 3 fully saturated rings. The van der Waals surface area contributed by atoms with E-state index in [2.05, 4.69) is 5.32 Å². The molecule has 7 nitrogen and oxygen atoms in total. The third kappa shape index (κ3) is 5.06. The van der Waals surface area contributed by atoms with E-state index < -0.39 is 51.1 Å². The molecule has 2 saturated carbocycles. The van der Waals surface area contributed by atoms with Gasteiger partial charge in [-0.1, -0.05) is 25.1 Å². The predicted octanol–water partition coefficient (Wildman–Crippen LogP) is 4.26. The van der Waals surface area contributed by atoms with Crippen LogP contribution in [0.1, 0.15) is 73.0 Å². The first kappa shape index (κ1) is 27.6. The number of halogens is 3. The van der Waals surface area contributed by atoms with Crippen molar-refractivity contribution in [2.45, 2.75) is 80.2 Å². The maximum absolute atomic E-state index is 13.7. The standard InChI is InChI=1S/C28H31F3N2O5S/c1-2-39(37,38)21-6-3-5-19(15-21)26(35)33-22-12-9-18(22)16-23(33)25(34)32-24(27(36)13-4-14-27)17-7-10-20(11-8-17)28(29,30)31/h3,5-8,10-11,15,18,22-24,36H,2,4,9,12-14,16H2,1H3,(H,32,34)/t18-,22-,23-,24+/m1/s1. The summed E-state index contributed by atoms with van der Waals surface area (Å²) < 4.78 is 64.1. The van der Waals surface area contributed by atoms with Gasteiger partial charge >= 0.3 is 6.18 Å². The van der Waals surface area contributed by atoms with Crippen LogP contribution in [0.4, 0.5) is 13.2 Å². The monoisotopic (exact) mass is 564 g/mol. The van der Waals surface area contributed by atoms with Crippen LogP contribution in [0, 0.1) is 5.92 Å². The fourth-order valence-corrected chi connectivity index (χ4v) is 6.87. The molecule has 2 N–H and O–H groups in total. The molecule has 0 unspecified atom stereocenters. The second-order valence-electron chi connectivity index (χ2n) is 10.8. The third-order valence-corrected chi connectivity index (χ3v) is 10.3. The summed E-state index contributed by atoms with van der Waals surface area (Å²) in [6, 6.07) is 8.27. The first-order valence-electron chi connectivity index (χ1n) is 13.2. The lowest BCUT2D eigenvalue weighted by atomic mass is 9.72. The second-order valence-corrected chi connectivity index (χ2v) is 13.1. The molecule has 11 heteroatoms. The van der Waals surface area contributed by atoms with E-state index in [9.17, 15) is 36.3 Å². The molecule has 0 spiro atoms. The number of carbonyl (C=O) groups excluding carboxylic acids is 2. The smallest absolute Gasteiger partial charge is 0.387 e. The highest BCUT2D eigenvalue weighted by atomic mass is 32.2.